The highest BCUT2D eigenvalue weighted by atomic mass is 32.1. The maximum Gasteiger partial charge on any atom is 0.416 e. The number of halogens is 3. The van der Waals surface area contributed by atoms with Gasteiger partial charge in [-0.25, -0.2) is 14.7 Å². The molecule has 1 aromatic carbocycles. The Labute approximate surface area is 218 Å². The van der Waals surface area contributed by atoms with Crippen LogP contribution >= 0.6 is 12.6 Å². The highest BCUT2D eigenvalue weighted by Crippen LogP contribution is 2.39. The molecule has 4 rings (SSSR count). The van der Waals surface area contributed by atoms with E-state index in [1.54, 1.807) is 26.0 Å². The first-order valence-corrected chi connectivity index (χ1v) is 12.4. The van der Waals surface area contributed by atoms with Crippen molar-refractivity contribution in [2.24, 2.45) is 0 Å². The van der Waals surface area contributed by atoms with Crippen molar-refractivity contribution in [3.63, 3.8) is 0 Å². The molecule has 8 nitrogen and oxygen atoms in total. The number of urea groups is 1. The van der Waals surface area contributed by atoms with Crippen LogP contribution < -0.4 is 10.2 Å². The molecule has 0 bridgehead atoms. The predicted molar refractivity (Wildman–Crippen MR) is 134 cm³/mol. The lowest BCUT2D eigenvalue weighted by Gasteiger charge is -2.27. The molecule has 0 unspecified atom stereocenters. The summed E-state index contributed by atoms with van der Waals surface area (Å²) < 4.78 is 39.2. The lowest BCUT2D eigenvalue weighted by atomic mass is 10.0. The van der Waals surface area contributed by atoms with Crippen LogP contribution in [0.4, 0.5) is 29.5 Å². The molecule has 0 radical (unpaired) electrons. The van der Waals surface area contributed by atoms with E-state index >= 15 is 0 Å². The summed E-state index contributed by atoms with van der Waals surface area (Å²) in [6, 6.07) is 5.29. The van der Waals surface area contributed by atoms with E-state index in [0.717, 1.165) is 49.0 Å². The number of carbonyl (C=O) groups is 3. The molecule has 2 aliphatic rings. The number of nitrogens with zero attached hydrogens (tertiary/aromatic N) is 4. The number of hydrogen-bond donors (Lipinski definition) is 2. The zero-order chi connectivity index (χ0) is 27.0. The van der Waals surface area contributed by atoms with Crippen molar-refractivity contribution in [2.75, 3.05) is 29.9 Å². The number of amides is 4. The number of alkyl halides is 3. The van der Waals surface area contributed by atoms with Crippen molar-refractivity contribution in [3.8, 4) is 0 Å². The highest BCUT2D eigenvalue weighted by Gasteiger charge is 2.52. The molecule has 37 heavy (non-hydrogen) atoms. The van der Waals surface area contributed by atoms with Gasteiger partial charge < -0.3 is 15.1 Å². The molecular weight excluding hydrogens is 507 g/mol. The highest BCUT2D eigenvalue weighted by molar-refractivity contribution is 7.80. The monoisotopic (exact) mass is 535 g/mol. The predicted octanol–water partition coefficient (Wildman–Crippen LogP) is 4.56. The Bertz CT molecular complexity index is 1210. The van der Waals surface area contributed by atoms with Crippen molar-refractivity contribution in [3.05, 3.63) is 47.7 Å². The second kappa shape index (κ2) is 10.3. The summed E-state index contributed by atoms with van der Waals surface area (Å²) >= 11 is 4.12. The van der Waals surface area contributed by atoms with Crippen LogP contribution in [0, 0.1) is 0 Å². The van der Waals surface area contributed by atoms with Crippen LogP contribution in [-0.4, -0.2) is 57.8 Å². The van der Waals surface area contributed by atoms with Crippen LogP contribution in [0.2, 0.25) is 0 Å². The Kier molecular flexibility index (Phi) is 7.52. The van der Waals surface area contributed by atoms with Crippen LogP contribution in [0.15, 0.2) is 41.4 Å². The Balaban J connectivity index is 1.48. The lowest BCUT2D eigenvalue weighted by molar-refractivity contribution is -0.137. The lowest BCUT2D eigenvalue weighted by Crippen LogP contribution is -2.43. The van der Waals surface area contributed by atoms with Gasteiger partial charge >= 0.3 is 12.2 Å². The van der Waals surface area contributed by atoms with E-state index in [0.29, 0.717) is 24.3 Å². The Morgan fingerprint density at radius 2 is 1.84 bits per heavy atom. The average molecular weight is 536 g/mol. The number of nitrogens with one attached hydrogen (secondary N) is 1. The summed E-state index contributed by atoms with van der Waals surface area (Å²) in [6.07, 6.45) is -0.453. The number of rotatable bonds is 7. The molecule has 198 valence electrons. The minimum absolute atomic E-state index is 0.0236. The van der Waals surface area contributed by atoms with Crippen LogP contribution in [0.5, 0.6) is 0 Å². The van der Waals surface area contributed by atoms with Gasteiger partial charge in [0.05, 0.1) is 11.3 Å². The van der Waals surface area contributed by atoms with Gasteiger partial charge in [-0.1, -0.05) is 0 Å². The number of anilines is 2. The van der Waals surface area contributed by atoms with Gasteiger partial charge in [0.25, 0.3) is 5.91 Å². The van der Waals surface area contributed by atoms with Crippen molar-refractivity contribution in [2.45, 2.75) is 56.3 Å². The van der Waals surface area contributed by atoms with E-state index in [4.69, 9.17) is 0 Å². The van der Waals surface area contributed by atoms with Crippen molar-refractivity contribution >= 4 is 42.0 Å². The Morgan fingerprint density at radius 1 is 1.14 bits per heavy atom. The van der Waals surface area contributed by atoms with E-state index in [1.165, 1.54) is 11.1 Å². The van der Waals surface area contributed by atoms with Crippen LogP contribution in [0.1, 0.15) is 44.2 Å². The van der Waals surface area contributed by atoms with Gasteiger partial charge in [-0.05, 0) is 75.7 Å². The molecule has 2 saturated heterocycles. The molecular formula is C25H28F3N5O3S. The maximum absolute atomic E-state index is 13.3. The molecule has 2 fully saturated rings. The minimum atomic E-state index is -4.58. The zero-order valence-corrected chi connectivity index (χ0v) is 21.4. The normalized spacial score (nSPS) is 18.1. The van der Waals surface area contributed by atoms with Gasteiger partial charge in [0.15, 0.2) is 0 Å². The summed E-state index contributed by atoms with van der Waals surface area (Å²) in [6.45, 7) is 5.83. The molecule has 0 aliphatic carbocycles. The number of pyridine rings is 1. The average Bonchev–Trinajstić information content (AvgIpc) is 3.40. The second-order valence-electron chi connectivity index (χ2n) is 9.67. The van der Waals surface area contributed by atoms with E-state index in [1.807, 2.05) is 0 Å². The third kappa shape index (κ3) is 5.74. The first-order chi connectivity index (χ1) is 17.4. The van der Waals surface area contributed by atoms with Gasteiger partial charge in [0, 0.05) is 30.6 Å². The van der Waals surface area contributed by atoms with Crippen molar-refractivity contribution in [1.82, 2.24) is 14.8 Å². The van der Waals surface area contributed by atoms with Gasteiger partial charge in [0.2, 0.25) is 5.91 Å². The van der Waals surface area contributed by atoms with Crippen LogP contribution in [-0.2, 0) is 22.3 Å². The second-order valence-corrected chi connectivity index (χ2v) is 10.1. The fraction of sp³-hybridized carbons (Fsp3) is 0.440. The van der Waals surface area contributed by atoms with E-state index in [-0.39, 0.29) is 23.0 Å². The Hall–Kier alpha value is -3.12. The Morgan fingerprint density at radius 3 is 2.49 bits per heavy atom. The summed E-state index contributed by atoms with van der Waals surface area (Å²) in [7, 11) is 0. The van der Waals surface area contributed by atoms with E-state index < -0.39 is 29.2 Å². The topological polar surface area (TPSA) is 85.9 Å². The molecule has 0 atom stereocenters. The third-order valence-corrected chi connectivity index (χ3v) is 7.01. The number of aromatic nitrogens is 1. The van der Waals surface area contributed by atoms with E-state index in [2.05, 4.69) is 27.8 Å². The number of imide groups is 1. The molecule has 1 aromatic heterocycles. The number of carbonyl (C=O) groups excluding carboxylic acids is 3. The maximum atomic E-state index is 13.3. The van der Waals surface area contributed by atoms with Gasteiger partial charge in [-0.15, -0.1) is 12.6 Å². The first kappa shape index (κ1) is 26.9. The smallest absolute Gasteiger partial charge is 0.311 e. The number of thiol groups is 1. The molecule has 0 saturated carbocycles. The standard InChI is InChI=1S/C25H28F3N5O3S/c1-24(2)22(35)33(18-6-5-17(14-19(18)37)25(26,27)28)23(36)32(24)15-16-7-9-29-20(13-16)30-21(34)8-12-31-10-3-4-11-31/h5-7,9,13-14,37H,3-4,8,10-12,15H2,1-2H3,(H,29,30,34). The minimum Gasteiger partial charge on any atom is -0.311 e. The van der Waals surface area contributed by atoms with Gasteiger partial charge in [-0.3, -0.25) is 9.59 Å². The van der Waals surface area contributed by atoms with Gasteiger partial charge in [-0.2, -0.15) is 13.2 Å². The van der Waals surface area contributed by atoms with Crippen LogP contribution in [0.3, 0.4) is 0 Å². The summed E-state index contributed by atoms with van der Waals surface area (Å²) in [5.74, 6) is -0.423. The van der Waals surface area contributed by atoms with Crippen molar-refractivity contribution < 1.29 is 27.6 Å². The van der Waals surface area contributed by atoms with Gasteiger partial charge in [0.1, 0.15) is 11.4 Å². The molecule has 3 heterocycles. The molecule has 0 spiro atoms. The molecule has 1 N–H and O–H groups in total. The van der Waals surface area contributed by atoms with Crippen LogP contribution in [0.25, 0.3) is 0 Å². The molecule has 2 aliphatic heterocycles. The van der Waals surface area contributed by atoms with E-state index in [9.17, 15) is 27.6 Å². The number of likely N-dealkylation sites (tertiary alicyclic amines) is 1. The SMILES string of the molecule is CC1(C)C(=O)N(c2ccc(C(F)(F)F)cc2S)C(=O)N1Cc1ccnc(NC(=O)CCN2CCCC2)c1. The largest absolute Gasteiger partial charge is 0.416 e. The quantitative estimate of drug-likeness (QED) is 0.401. The summed E-state index contributed by atoms with van der Waals surface area (Å²) in [4.78, 5) is 47.4. The summed E-state index contributed by atoms with van der Waals surface area (Å²) in [5, 5.41) is 2.77. The molecule has 2 aromatic rings. The first-order valence-electron chi connectivity index (χ1n) is 11.9. The molecule has 12 heteroatoms. The van der Waals surface area contributed by atoms with Crippen molar-refractivity contribution in [1.29, 1.82) is 0 Å². The number of benzene rings is 1. The fourth-order valence-corrected chi connectivity index (χ4v) is 4.81. The number of hydrogen-bond acceptors (Lipinski definition) is 6. The zero-order valence-electron chi connectivity index (χ0n) is 20.5. The fourth-order valence-electron chi connectivity index (χ4n) is 4.50. The summed E-state index contributed by atoms with van der Waals surface area (Å²) in [5.41, 5.74) is -1.60. The third-order valence-electron chi connectivity index (χ3n) is 6.65. The molecule has 4 amide bonds.